The number of hydrogen-bond donors (Lipinski definition) is 3. The third kappa shape index (κ3) is 5.77. The van der Waals surface area contributed by atoms with Crippen LogP contribution in [0.4, 0.5) is 5.69 Å². The predicted molar refractivity (Wildman–Crippen MR) is 149 cm³/mol. The number of nitrogens with zero attached hydrogens (tertiary/aromatic N) is 3. The van der Waals surface area contributed by atoms with Crippen molar-refractivity contribution in [3.8, 4) is 17.3 Å². The number of aliphatic hydroxyl groups excluding tert-OH is 2. The molecular formula is C28H34N4O5S. The molecule has 9 nitrogen and oxygen atoms in total. The minimum atomic E-state index is -4.17. The van der Waals surface area contributed by atoms with Gasteiger partial charge in [0.15, 0.2) is 4.91 Å². The highest BCUT2D eigenvalue weighted by Crippen LogP contribution is 2.29. The van der Waals surface area contributed by atoms with Crippen molar-refractivity contribution < 1.29 is 23.4 Å². The molecule has 1 saturated heterocycles. The number of nitrogens with one attached hydrogen (secondary N) is 1. The fraction of sp³-hybridized carbons (Fsp3) is 0.393. The number of hydrogen-bond acceptors (Lipinski definition) is 7. The summed E-state index contributed by atoms with van der Waals surface area (Å²) in [5, 5.41) is 31.7. The first-order valence-electron chi connectivity index (χ1n) is 12.7. The zero-order chi connectivity index (χ0) is 27.4. The van der Waals surface area contributed by atoms with Gasteiger partial charge in [0.2, 0.25) is 0 Å². The number of aromatic nitrogens is 1. The summed E-state index contributed by atoms with van der Waals surface area (Å²) in [6.45, 7) is 6.11. The fourth-order valence-electron chi connectivity index (χ4n) is 4.75. The van der Waals surface area contributed by atoms with E-state index in [4.69, 9.17) is 4.74 Å². The first-order chi connectivity index (χ1) is 18.2. The average molecular weight is 539 g/mol. The summed E-state index contributed by atoms with van der Waals surface area (Å²) >= 11 is 0. The molecule has 0 spiro atoms. The van der Waals surface area contributed by atoms with E-state index in [1.54, 1.807) is 12.1 Å². The van der Waals surface area contributed by atoms with Crippen molar-refractivity contribution in [3.05, 3.63) is 59.1 Å². The molecule has 4 rings (SSSR count). The van der Waals surface area contributed by atoms with Gasteiger partial charge in [0.1, 0.15) is 12.2 Å². The highest BCUT2D eigenvalue weighted by molar-refractivity contribution is 7.93. The van der Waals surface area contributed by atoms with Gasteiger partial charge in [0.05, 0.1) is 12.2 Å². The highest BCUT2D eigenvalue weighted by Gasteiger charge is 2.32. The van der Waals surface area contributed by atoms with Crippen molar-refractivity contribution in [1.29, 1.82) is 5.26 Å². The molecule has 1 aromatic heterocycles. The molecule has 0 amide bonds. The van der Waals surface area contributed by atoms with E-state index < -0.39 is 33.2 Å². The second-order valence-corrected chi connectivity index (χ2v) is 11.1. The van der Waals surface area contributed by atoms with Crippen LogP contribution in [0, 0.1) is 11.3 Å². The maximum Gasteiger partial charge on any atom is 0.250 e. The molecule has 0 bridgehead atoms. The molecule has 3 aromatic rings. The third-order valence-electron chi connectivity index (χ3n) is 7.08. The van der Waals surface area contributed by atoms with E-state index in [1.807, 2.05) is 23.7 Å². The van der Waals surface area contributed by atoms with Gasteiger partial charge in [-0.25, -0.2) is 13.1 Å². The Bertz CT molecular complexity index is 1470. The maximum atomic E-state index is 12.8. The topological polar surface area (TPSA) is 128 Å². The standard InChI is InChI=1S/C28H34N4O5S/c1-4-32(5-2)23-9-8-19-14-21(7-6-20(19)15-23)25-11-10-22(31(25)3)16-24(17-29)38(35,36)30-18-27-28(34)26(33)12-13-37-27/h6-11,14-16,26-28,30,33-34H,4-5,12-13,18H2,1-3H3/b24-16+/t26-,27-,28+/m1/s1. The lowest BCUT2D eigenvalue weighted by Gasteiger charge is -2.31. The van der Waals surface area contributed by atoms with Gasteiger partial charge in [-0.3, -0.25) is 0 Å². The first-order valence-corrected chi connectivity index (χ1v) is 14.2. The number of nitriles is 1. The van der Waals surface area contributed by atoms with Crippen LogP contribution in [0.15, 0.2) is 53.4 Å². The second-order valence-electron chi connectivity index (χ2n) is 9.35. The van der Waals surface area contributed by atoms with Gasteiger partial charge in [0, 0.05) is 50.4 Å². The lowest BCUT2D eigenvalue weighted by Crippen LogP contribution is -2.49. The zero-order valence-corrected chi connectivity index (χ0v) is 22.6. The summed E-state index contributed by atoms with van der Waals surface area (Å²) in [5.74, 6) is 0. The number of ether oxygens (including phenoxy) is 1. The fourth-order valence-corrected chi connectivity index (χ4v) is 5.69. The van der Waals surface area contributed by atoms with Crippen LogP contribution in [0.2, 0.25) is 0 Å². The Morgan fingerprint density at radius 2 is 1.87 bits per heavy atom. The third-order valence-corrected chi connectivity index (χ3v) is 8.42. The van der Waals surface area contributed by atoms with Gasteiger partial charge in [0.25, 0.3) is 10.0 Å². The Kier molecular flexibility index (Phi) is 8.55. The number of aliphatic hydroxyl groups is 2. The van der Waals surface area contributed by atoms with Crippen molar-refractivity contribution in [3.63, 3.8) is 0 Å². The van der Waals surface area contributed by atoms with Gasteiger partial charge >= 0.3 is 0 Å². The molecule has 38 heavy (non-hydrogen) atoms. The lowest BCUT2D eigenvalue weighted by atomic mass is 10.0. The number of rotatable bonds is 9. The molecule has 2 heterocycles. The van der Waals surface area contributed by atoms with Crippen LogP contribution >= 0.6 is 0 Å². The van der Waals surface area contributed by atoms with Crippen LogP contribution in [0.3, 0.4) is 0 Å². The van der Waals surface area contributed by atoms with Crippen molar-refractivity contribution in [2.45, 2.75) is 38.6 Å². The Morgan fingerprint density at radius 1 is 1.16 bits per heavy atom. The summed E-state index contributed by atoms with van der Waals surface area (Å²) in [7, 11) is -2.35. The summed E-state index contributed by atoms with van der Waals surface area (Å²) < 4.78 is 35.2. The number of fused-ring (bicyclic) bond motifs is 1. The molecule has 0 unspecified atom stereocenters. The van der Waals surface area contributed by atoms with Gasteiger partial charge in [-0.05, 0) is 73.0 Å². The highest BCUT2D eigenvalue weighted by atomic mass is 32.2. The van der Waals surface area contributed by atoms with E-state index in [0.717, 1.165) is 35.1 Å². The molecule has 0 radical (unpaired) electrons. The van der Waals surface area contributed by atoms with Crippen molar-refractivity contribution in [1.82, 2.24) is 9.29 Å². The predicted octanol–water partition coefficient (Wildman–Crippen LogP) is 2.99. The van der Waals surface area contributed by atoms with E-state index in [9.17, 15) is 23.9 Å². The average Bonchev–Trinajstić information content (AvgIpc) is 3.28. The SMILES string of the molecule is CCN(CC)c1ccc2cc(-c3ccc(/C=C(\C#N)S(=O)(=O)NC[C@H]4OCC[C@@H](O)[C@@H]4O)n3C)ccc2c1. The van der Waals surface area contributed by atoms with Crippen molar-refractivity contribution in [2.75, 3.05) is 31.1 Å². The smallest absolute Gasteiger partial charge is 0.250 e. The molecule has 3 atom stereocenters. The lowest BCUT2D eigenvalue weighted by molar-refractivity contribution is -0.131. The molecule has 0 saturated carbocycles. The van der Waals surface area contributed by atoms with Crippen LogP contribution in [-0.2, 0) is 21.8 Å². The number of allylic oxidation sites excluding steroid dienone is 1. The molecule has 202 valence electrons. The quantitative estimate of drug-likeness (QED) is 0.357. The maximum absolute atomic E-state index is 12.8. The van der Waals surface area contributed by atoms with E-state index >= 15 is 0 Å². The summed E-state index contributed by atoms with van der Waals surface area (Å²) in [5.41, 5.74) is 3.57. The molecule has 1 fully saturated rings. The Morgan fingerprint density at radius 3 is 2.58 bits per heavy atom. The minimum Gasteiger partial charge on any atom is -0.390 e. The van der Waals surface area contributed by atoms with Crippen molar-refractivity contribution >= 4 is 32.6 Å². The van der Waals surface area contributed by atoms with Crippen LogP contribution in [0.5, 0.6) is 0 Å². The van der Waals surface area contributed by atoms with Crippen LogP contribution < -0.4 is 9.62 Å². The van der Waals surface area contributed by atoms with E-state index in [0.29, 0.717) is 5.69 Å². The number of anilines is 1. The first kappa shape index (κ1) is 27.8. The number of sulfonamides is 1. The Labute approximate surface area is 223 Å². The van der Waals surface area contributed by atoms with Gasteiger partial charge in [-0.15, -0.1) is 0 Å². The zero-order valence-electron chi connectivity index (χ0n) is 21.8. The second kappa shape index (κ2) is 11.7. The van der Waals surface area contributed by atoms with E-state index in [2.05, 4.69) is 53.8 Å². The summed E-state index contributed by atoms with van der Waals surface area (Å²) in [6.07, 6.45) is -1.49. The summed E-state index contributed by atoms with van der Waals surface area (Å²) in [6, 6.07) is 18.0. The molecule has 1 aliphatic heterocycles. The molecular weight excluding hydrogens is 504 g/mol. The number of benzene rings is 2. The minimum absolute atomic E-state index is 0.212. The molecule has 3 N–H and O–H groups in total. The normalized spacial score (nSPS) is 20.4. The monoisotopic (exact) mass is 538 g/mol. The Balaban J connectivity index is 1.56. The molecule has 2 aromatic carbocycles. The van der Waals surface area contributed by atoms with Gasteiger partial charge < -0.3 is 24.4 Å². The van der Waals surface area contributed by atoms with Crippen LogP contribution in [-0.4, -0.2) is 67.8 Å². The van der Waals surface area contributed by atoms with Gasteiger partial charge in [-0.1, -0.05) is 18.2 Å². The largest absolute Gasteiger partial charge is 0.390 e. The van der Waals surface area contributed by atoms with Crippen molar-refractivity contribution in [2.24, 2.45) is 7.05 Å². The van der Waals surface area contributed by atoms with Gasteiger partial charge in [-0.2, -0.15) is 5.26 Å². The van der Waals surface area contributed by atoms with E-state index in [1.165, 1.54) is 11.8 Å². The molecule has 10 heteroatoms. The van der Waals surface area contributed by atoms with Crippen LogP contribution in [0.25, 0.3) is 28.1 Å². The van der Waals surface area contributed by atoms with E-state index in [-0.39, 0.29) is 19.6 Å². The Hall–Kier alpha value is -3.20. The van der Waals surface area contributed by atoms with Crippen LogP contribution in [0.1, 0.15) is 26.0 Å². The molecule has 1 aliphatic rings. The molecule has 0 aliphatic carbocycles. The summed E-state index contributed by atoms with van der Waals surface area (Å²) in [4.78, 5) is 1.84.